The van der Waals surface area contributed by atoms with E-state index in [1.807, 2.05) is 0 Å². The normalized spacial score (nSPS) is 37.1. The third-order valence-electron chi connectivity index (χ3n) is 6.53. The molecule has 0 radical (unpaired) electrons. The predicted molar refractivity (Wildman–Crippen MR) is 103 cm³/mol. The Bertz CT molecular complexity index is 391. The van der Waals surface area contributed by atoms with Gasteiger partial charge in [-0.2, -0.15) is 0 Å². The van der Waals surface area contributed by atoms with E-state index in [-0.39, 0.29) is 0 Å². The predicted octanol–water partition coefficient (Wildman–Crippen LogP) is 2.39. The molecule has 0 aromatic carbocycles. The molecule has 0 aliphatic carbocycles. The maximum Gasteiger partial charge on any atom is 0.0238 e. The van der Waals surface area contributed by atoms with E-state index >= 15 is 0 Å². The van der Waals surface area contributed by atoms with Crippen LogP contribution >= 0.6 is 0 Å². The van der Waals surface area contributed by atoms with Crippen molar-refractivity contribution in [2.45, 2.75) is 96.6 Å². The van der Waals surface area contributed by atoms with Crippen molar-refractivity contribution in [2.24, 2.45) is 0 Å². The van der Waals surface area contributed by atoms with Crippen molar-refractivity contribution in [2.75, 3.05) is 32.7 Å². The highest BCUT2D eigenvalue weighted by atomic mass is 15.3. The molecule has 0 aromatic heterocycles. The number of likely N-dealkylation sites (tertiary alicyclic amines) is 2. The van der Waals surface area contributed by atoms with Crippen LogP contribution in [0.25, 0.3) is 0 Å². The molecule has 3 aliphatic rings. The average molecular weight is 337 g/mol. The zero-order valence-electron chi connectivity index (χ0n) is 16.7. The highest BCUT2D eigenvalue weighted by molar-refractivity contribution is 4.97. The van der Waals surface area contributed by atoms with Gasteiger partial charge in [0, 0.05) is 55.9 Å². The summed E-state index contributed by atoms with van der Waals surface area (Å²) in [6.07, 6.45) is 5.52. The topological polar surface area (TPSA) is 21.8 Å². The first-order valence-electron chi connectivity index (χ1n) is 10.4. The van der Waals surface area contributed by atoms with E-state index in [1.54, 1.807) is 0 Å². The van der Waals surface area contributed by atoms with Gasteiger partial charge in [-0.15, -0.1) is 0 Å². The zero-order chi connectivity index (χ0) is 17.3. The number of nitrogens with zero attached hydrogens (tertiary/aromatic N) is 3. The van der Waals surface area contributed by atoms with E-state index in [9.17, 15) is 0 Å². The minimum atomic E-state index is 0.620. The molecule has 1 unspecified atom stereocenters. The Morgan fingerprint density at radius 3 is 2.29 bits per heavy atom. The minimum Gasteiger partial charge on any atom is -0.309 e. The van der Waals surface area contributed by atoms with Crippen LogP contribution in [0.4, 0.5) is 0 Å². The third-order valence-corrected chi connectivity index (χ3v) is 6.53. The molecule has 3 rings (SSSR count). The molecule has 3 aliphatic heterocycles. The smallest absolute Gasteiger partial charge is 0.0238 e. The number of hydrogen-bond acceptors (Lipinski definition) is 4. The Morgan fingerprint density at radius 1 is 0.958 bits per heavy atom. The van der Waals surface area contributed by atoms with E-state index in [4.69, 9.17) is 0 Å². The number of rotatable bonds is 5. The molecule has 4 heteroatoms. The molecule has 4 nitrogen and oxygen atoms in total. The van der Waals surface area contributed by atoms with Gasteiger partial charge in [0.1, 0.15) is 0 Å². The monoisotopic (exact) mass is 336 g/mol. The highest BCUT2D eigenvalue weighted by Gasteiger charge is 2.39. The van der Waals surface area contributed by atoms with Crippen LogP contribution in [0.5, 0.6) is 0 Å². The largest absolute Gasteiger partial charge is 0.309 e. The third kappa shape index (κ3) is 4.32. The van der Waals surface area contributed by atoms with Crippen LogP contribution in [0.3, 0.4) is 0 Å². The van der Waals surface area contributed by atoms with Crippen molar-refractivity contribution < 1.29 is 0 Å². The van der Waals surface area contributed by atoms with E-state index in [0.717, 1.165) is 12.1 Å². The summed E-state index contributed by atoms with van der Waals surface area (Å²) in [4.78, 5) is 8.23. The summed E-state index contributed by atoms with van der Waals surface area (Å²) < 4.78 is 0. The van der Waals surface area contributed by atoms with Crippen molar-refractivity contribution in [1.29, 1.82) is 0 Å². The van der Waals surface area contributed by atoms with Gasteiger partial charge >= 0.3 is 0 Å². The second kappa shape index (κ2) is 8.03. The molecule has 4 atom stereocenters. The van der Waals surface area contributed by atoms with E-state index in [2.05, 4.69) is 54.6 Å². The zero-order valence-corrected chi connectivity index (χ0v) is 16.7. The average Bonchev–Trinajstić information content (AvgIpc) is 3.15. The summed E-state index contributed by atoms with van der Waals surface area (Å²) in [5, 5.41) is 3.89. The Morgan fingerprint density at radius 2 is 1.67 bits per heavy atom. The minimum absolute atomic E-state index is 0.620. The maximum absolute atomic E-state index is 3.89. The Balaban J connectivity index is 1.61. The van der Waals surface area contributed by atoms with Crippen LogP contribution in [0, 0.1) is 0 Å². The van der Waals surface area contributed by atoms with Crippen LogP contribution in [-0.2, 0) is 0 Å². The van der Waals surface area contributed by atoms with Crippen molar-refractivity contribution >= 4 is 0 Å². The fraction of sp³-hybridized carbons (Fsp3) is 1.00. The molecule has 24 heavy (non-hydrogen) atoms. The summed E-state index contributed by atoms with van der Waals surface area (Å²) in [7, 11) is 0. The summed E-state index contributed by atoms with van der Waals surface area (Å²) in [5.41, 5.74) is 0. The van der Waals surface area contributed by atoms with Crippen LogP contribution in [0.15, 0.2) is 0 Å². The van der Waals surface area contributed by atoms with Gasteiger partial charge in [-0.1, -0.05) is 0 Å². The molecule has 0 bridgehead atoms. The lowest BCUT2D eigenvalue weighted by atomic mass is 9.98. The molecule has 140 valence electrons. The Kier molecular flexibility index (Phi) is 6.23. The lowest BCUT2D eigenvalue weighted by Gasteiger charge is -2.42. The van der Waals surface area contributed by atoms with Crippen LogP contribution < -0.4 is 5.32 Å². The fourth-order valence-electron chi connectivity index (χ4n) is 5.26. The number of nitrogens with one attached hydrogen (secondary N) is 1. The standard InChI is InChI=1S/C20H40N4/c1-15(2)23-12-17(5)21-18(13-23)10-19-11-20(14-24(19)16(3)4)22-8-6-7-9-22/h15-21H,6-14H2,1-5H3/t17-,18-,19?,20-/m0/s1. The van der Waals surface area contributed by atoms with Crippen LogP contribution in [0.2, 0.25) is 0 Å². The molecule has 0 saturated carbocycles. The molecule has 0 aromatic rings. The first-order chi connectivity index (χ1) is 11.4. The lowest BCUT2D eigenvalue weighted by molar-refractivity contribution is 0.107. The molecule has 0 amide bonds. The summed E-state index contributed by atoms with van der Waals surface area (Å²) in [6, 6.07) is 4.17. The van der Waals surface area contributed by atoms with Gasteiger partial charge in [-0.05, 0) is 73.4 Å². The van der Waals surface area contributed by atoms with Gasteiger partial charge in [0.2, 0.25) is 0 Å². The SMILES string of the molecule is CC(C)N1C[C@H](CC2C[C@H](N3CCCC3)CN2C(C)C)N[C@@H](C)C1. The molecule has 0 spiro atoms. The van der Waals surface area contributed by atoms with Gasteiger partial charge in [0.15, 0.2) is 0 Å². The Hall–Kier alpha value is -0.160. The molecule has 3 heterocycles. The van der Waals surface area contributed by atoms with Crippen molar-refractivity contribution in [3.63, 3.8) is 0 Å². The lowest BCUT2D eigenvalue weighted by Crippen LogP contribution is -2.58. The van der Waals surface area contributed by atoms with Crippen molar-refractivity contribution in [1.82, 2.24) is 20.0 Å². The summed E-state index contributed by atoms with van der Waals surface area (Å²) in [5.74, 6) is 0. The first-order valence-corrected chi connectivity index (χ1v) is 10.4. The molecular weight excluding hydrogens is 296 g/mol. The summed E-state index contributed by atoms with van der Waals surface area (Å²) >= 11 is 0. The Labute approximate surface area is 149 Å². The molecule has 3 fully saturated rings. The van der Waals surface area contributed by atoms with Crippen LogP contribution in [-0.4, -0.2) is 83.7 Å². The quantitative estimate of drug-likeness (QED) is 0.832. The van der Waals surface area contributed by atoms with E-state index in [0.29, 0.717) is 24.2 Å². The van der Waals surface area contributed by atoms with Gasteiger partial charge in [-0.25, -0.2) is 0 Å². The van der Waals surface area contributed by atoms with Gasteiger partial charge < -0.3 is 5.32 Å². The maximum atomic E-state index is 3.89. The van der Waals surface area contributed by atoms with Crippen molar-refractivity contribution in [3.8, 4) is 0 Å². The summed E-state index contributed by atoms with van der Waals surface area (Å²) in [6.45, 7) is 18.2. The number of piperazine rings is 1. The molecular formula is C20H40N4. The van der Waals surface area contributed by atoms with Gasteiger partial charge in [0.25, 0.3) is 0 Å². The van der Waals surface area contributed by atoms with Crippen LogP contribution in [0.1, 0.15) is 60.3 Å². The number of hydrogen-bond donors (Lipinski definition) is 1. The second-order valence-electron chi connectivity index (χ2n) is 9.12. The second-order valence-corrected chi connectivity index (χ2v) is 9.12. The molecule has 1 N–H and O–H groups in total. The van der Waals surface area contributed by atoms with Crippen molar-refractivity contribution in [3.05, 3.63) is 0 Å². The van der Waals surface area contributed by atoms with E-state index in [1.165, 1.54) is 58.4 Å². The fourth-order valence-corrected chi connectivity index (χ4v) is 5.26. The highest BCUT2D eigenvalue weighted by Crippen LogP contribution is 2.30. The first kappa shape index (κ1) is 18.6. The van der Waals surface area contributed by atoms with E-state index < -0.39 is 0 Å². The molecule has 3 saturated heterocycles. The van der Waals surface area contributed by atoms with Gasteiger partial charge in [-0.3, -0.25) is 14.7 Å². The van der Waals surface area contributed by atoms with Gasteiger partial charge in [0.05, 0.1) is 0 Å².